The highest BCUT2D eigenvalue weighted by molar-refractivity contribution is 5.82. The summed E-state index contributed by atoms with van der Waals surface area (Å²) in [5.74, 6) is 0.800. The van der Waals surface area contributed by atoms with Crippen molar-refractivity contribution < 1.29 is 9.53 Å². The molecule has 2 aliphatic rings. The van der Waals surface area contributed by atoms with E-state index >= 15 is 0 Å². The highest BCUT2D eigenvalue weighted by Gasteiger charge is 2.40. The monoisotopic (exact) mass is 282 g/mol. The molecule has 1 amide bonds. The number of hydrogen-bond acceptors (Lipinski definition) is 3. The average Bonchev–Trinajstić information content (AvgIpc) is 2.48. The zero-order chi connectivity index (χ0) is 14.6. The van der Waals surface area contributed by atoms with Crippen molar-refractivity contribution in [1.82, 2.24) is 10.2 Å². The van der Waals surface area contributed by atoms with Gasteiger partial charge in [0.25, 0.3) is 0 Å². The predicted octanol–water partition coefficient (Wildman–Crippen LogP) is 2.04. The van der Waals surface area contributed by atoms with E-state index in [-0.39, 0.29) is 5.41 Å². The van der Waals surface area contributed by atoms with Gasteiger partial charge >= 0.3 is 0 Å². The van der Waals surface area contributed by atoms with Crippen molar-refractivity contribution in [3.05, 3.63) is 0 Å². The summed E-state index contributed by atoms with van der Waals surface area (Å²) >= 11 is 0. The SMILES string of the molecule is CCOC1CCN(C(=O)C(C)(C)C2CCCNC2)CC1. The van der Waals surface area contributed by atoms with E-state index in [1.807, 2.05) is 6.92 Å². The fourth-order valence-corrected chi connectivity index (χ4v) is 3.51. The van der Waals surface area contributed by atoms with Crippen LogP contribution in [-0.2, 0) is 9.53 Å². The van der Waals surface area contributed by atoms with E-state index in [0.29, 0.717) is 17.9 Å². The minimum absolute atomic E-state index is 0.244. The number of nitrogens with one attached hydrogen (secondary N) is 1. The number of amides is 1. The molecule has 116 valence electrons. The number of piperidine rings is 2. The van der Waals surface area contributed by atoms with Crippen molar-refractivity contribution in [2.24, 2.45) is 11.3 Å². The van der Waals surface area contributed by atoms with Crippen molar-refractivity contribution in [2.45, 2.75) is 52.6 Å². The second kappa shape index (κ2) is 6.90. The van der Waals surface area contributed by atoms with Crippen LogP contribution in [0, 0.1) is 11.3 Å². The molecule has 1 unspecified atom stereocenters. The standard InChI is InChI=1S/C16H30N2O2/c1-4-20-14-7-10-18(11-8-14)15(19)16(2,3)13-6-5-9-17-12-13/h13-14,17H,4-12H2,1-3H3. The Labute approximate surface area is 123 Å². The number of nitrogens with zero attached hydrogens (tertiary/aromatic N) is 1. The number of carbonyl (C=O) groups excluding carboxylic acids is 1. The molecule has 0 bridgehead atoms. The summed E-state index contributed by atoms with van der Waals surface area (Å²) in [6.07, 6.45) is 4.68. The molecule has 0 aliphatic carbocycles. The third-order valence-electron chi connectivity index (χ3n) is 5.00. The zero-order valence-corrected chi connectivity index (χ0v) is 13.3. The normalized spacial score (nSPS) is 25.8. The Morgan fingerprint density at radius 1 is 1.30 bits per heavy atom. The van der Waals surface area contributed by atoms with E-state index in [4.69, 9.17) is 4.74 Å². The van der Waals surface area contributed by atoms with E-state index < -0.39 is 0 Å². The van der Waals surface area contributed by atoms with Gasteiger partial charge in [0.1, 0.15) is 0 Å². The maximum Gasteiger partial charge on any atom is 0.228 e. The molecule has 0 radical (unpaired) electrons. The van der Waals surface area contributed by atoms with Gasteiger partial charge in [0.2, 0.25) is 5.91 Å². The Morgan fingerprint density at radius 2 is 2.00 bits per heavy atom. The first-order valence-electron chi connectivity index (χ1n) is 8.17. The fraction of sp³-hybridized carbons (Fsp3) is 0.938. The van der Waals surface area contributed by atoms with Gasteiger partial charge in [0, 0.05) is 25.1 Å². The third-order valence-corrected chi connectivity index (χ3v) is 5.00. The van der Waals surface area contributed by atoms with Gasteiger partial charge in [-0.25, -0.2) is 0 Å². The van der Waals surface area contributed by atoms with Crippen LogP contribution in [0.15, 0.2) is 0 Å². The Hall–Kier alpha value is -0.610. The molecule has 4 heteroatoms. The van der Waals surface area contributed by atoms with Gasteiger partial charge in [-0.15, -0.1) is 0 Å². The summed E-state index contributed by atoms with van der Waals surface area (Å²) < 4.78 is 5.66. The molecule has 2 fully saturated rings. The quantitative estimate of drug-likeness (QED) is 0.858. The van der Waals surface area contributed by atoms with Crippen molar-refractivity contribution in [1.29, 1.82) is 0 Å². The van der Waals surface area contributed by atoms with Crippen LogP contribution in [-0.4, -0.2) is 49.7 Å². The molecule has 2 saturated heterocycles. The lowest BCUT2D eigenvalue weighted by Gasteiger charge is -2.41. The lowest BCUT2D eigenvalue weighted by Crippen LogP contribution is -2.51. The summed E-state index contributed by atoms with van der Waals surface area (Å²) in [5, 5.41) is 3.43. The number of hydrogen-bond donors (Lipinski definition) is 1. The Kier molecular flexibility index (Phi) is 5.44. The van der Waals surface area contributed by atoms with Gasteiger partial charge in [-0.1, -0.05) is 13.8 Å². The molecule has 0 saturated carbocycles. The molecule has 0 aromatic rings. The maximum atomic E-state index is 12.8. The summed E-state index contributed by atoms with van der Waals surface area (Å²) in [6.45, 7) is 10.9. The van der Waals surface area contributed by atoms with Gasteiger partial charge < -0.3 is 15.0 Å². The molecular weight excluding hydrogens is 252 g/mol. The maximum absolute atomic E-state index is 12.8. The molecule has 0 aromatic carbocycles. The van der Waals surface area contributed by atoms with Crippen LogP contribution in [0.5, 0.6) is 0 Å². The van der Waals surface area contributed by atoms with Crippen LogP contribution in [0.2, 0.25) is 0 Å². The summed E-state index contributed by atoms with van der Waals surface area (Å²) in [4.78, 5) is 14.9. The highest BCUT2D eigenvalue weighted by atomic mass is 16.5. The molecule has 4 nitrogen and oxygen atoms in total. The molecule has 20 heavy (non-hydrogen) atoms. The molecule has 1 atom stereocenters. The topological polar surface area (TPSA) is 41.6 Å². The third kappa shape index (κ3) is 3.53. The number of likely N-dealkylation sites (tertiary alicyclic amines) is 1. The second-order valence-corrected chi connectivity index (χ2v) is 6.71. The van der Waals surface area contributed by atoms with Crippen molar-refractivity contribution >= 4 is 5.91 Å². The smallest absolute Gasteiger partial charge is 0.228 e. The lowest BCUT2D eigenvalue weighted by molar-refractivity contribution is -0.146. The van der Waals surface area contributed by atoms with E-state index in [1.165, 1.54) is 12.8 Å². The van der Waals surface area contributed by atoms with E-state index in [9.17, 15) is 4.79 Å². The number of carbonyl (C=O) groups is 1. The molecular formula is C16H30N2O2. The Bertz CT molecular complexity index is 316. The minimum Gasteiger partial charge on any atom is -0.378 e. The largest absolute Gasteiger partial charge is 0.378 e. The highest BCUT2D eigenvalue weighted by Crippen LogP contribution is 2.34. The summed E-state index contributed by atoms with van der Waals surface area (Å²) in [6, 6.07) is 0. The van der Waals surface area contributed by atoms with Crippen molar-refractivity contribution in [3.63, 3.8) is 0 Å². The van der Waals surface area contributed by atoms with Crippen LogP contribution in [0.25, 0.3) is 0 Å². The molecule has 0 aromatic heterocycles. The van der Waals surface area contributed by atoms with Gasteiger partial charge in [-0.3, -0.25) is 4.79 Å². The van der Waals surface area contributed by atoms with Crippen LogP contribution < -0.4 is 5.32 Å². The molecule has 2 heterocycles. The molecule has 2 aliphatic heterocycles. The summed E-state index contributed by atoms with van der Waals surface area (Å²) in [5.41, 5.74) is -0.244. The van der Waals surface area contributed by atoms with E-state index in [1.54, 1.807) is 0 Å². The van der Waals surface area contributed by atoms with Crippen LogP contribution in [0.1, 0.15) is 46.5 Å². The van der Waals surface area contributed by atoms with Gasteiger partial charge in [-0.2, -0.15) is 0 Å². The lowest BCUT2D eigenvalue weighted by atomic mass is 9.73. The van der Waals surface area contributed by atoms with Crippen LogP contribution in [0.4, 0.5) is 0 Å². The van der Waals surface area contributed by atoms with Gasteiger partial charge in [-0.05, 0) is 51.6 Å². The first kappa shape index (κ1) is 15.8. The predicted molar refractivity (Wildman–Crippen MR) is 80.6 cm³/mol. The average molecular weight is 282 g/mol. The van der Waals surface area contributed by atoms with Crippen LogP contribution >= 0.6 is 0 Å². The fourth-order valence-electron chi connectivity index (χ4n) is 3.51. The van der Waals surface area contributed by atoms with Crippen LogP contribution in [0.3, 0.4) is 0 Å². The van der Waals surface area contributed by atoms with Gasteiger partial charge in [0.05, 0.1) is 6.10 Å². The molecule has 2 rings (SSSR count). The first-order valence-corrected chi connectivity index (χ1v) is 8.17. The van der Waals surface area contributed by atoms with Crippen molar-refractivity contribution in [2.75, 3.05) is 32.8 Å². The van der Waals surface area contributed by atoms with Crippen molar-refractivity contribution in [3.8, 4) is 0 Å². The Balaban J connectivity index is 1.90. The zero-order valence-electron chi connectivity index (χ0n) is 13.3. The first-order chi connectivity index (χ1) is 9.55. The number of ether oxygens (including phenoxy) is 1. The molecule has 0 spiro atoms. The van der Waals surface area contributed by atoms with E-state index in [2.05, 4.69) is 24.1 Å². The summed E-state index contributed by atoms with van der Waals surface area (Å²) in [7, 11) is 0. The van der Waals surface area contributed by atoms with Gasteiger partial charge in [0.15, 0.2) is 0 Å². The Morgan fingerprint density at radius 3 is 2.55 bits per heavy atom. The van der Waals surface area contributed by atoms with E-state index in [0.717, 1.165) is 45.6 Å². The molecule has 1 N–H and O–H groups in total. The minimum atomic E-state index is -0.244. The number of rotatable bonds is 4. The second-order valence-electron chi connectivity index (χ2n) is 6.71.